The fraction of sp³-hybridized carbons (Fsp3) is 0.567. The summed E-state index contributed by atoms with van der Waals surface area (Å²) in [6, 6.07) is 3.98. The molecule has 1 aliphatic heterocycles. The van der Waals surface area contributed by atoms with Crippen LogP contribution in [-0.2, 0) is 25.4 Å². The number of esters is 1. The maximum Gasteiger partial charge on any atom is 0.419 e. The molecule has 0 aliphatic carbocycles. The molecule has 8 nitrogen and oxygen atoms in total. The Kier molecular flexibility index (Phi) is 7.79. The molecule has 3 rings (SSSR count). The van der Waals surface area contributed by atoms with E-state index >= 15 is 0 Å². The Hall–Kier alpha value is -3.29. The van der Waals surface area contributed by atoms with Gasteiger partial charge in [0.1, 0.15) is 22.8 Å². The fourth-order valence-electron chi connectivity index (χ4n) is 4.52. The normalized spacial score (nSPS) is 18.0. The van der Waals surface area contributed by atoms with Crippen LogP contribution < -0.4 is 0 Å². The van der Waals surface area contributed by atoms with Gasteiger partial charge in [0.25, 0.3) is 0 Å². The molecule has 1 aliphatic rings. The number of hydrogen-bond acceptors (Lipinski definition) is 6. The number of carbonyl (C=O) groups is 3. The van der Waals surface area contributed by atoms with Crippen molar-refractivity contribution in [1.29, 1.82) is 0 Å². The van der Waals surface area contributed by atoms with Crippen LogP contribution in [0.1, 0.15) is 93.3 Å². The monoisotopic (exact) mass is 526 g/mol. The summed E-state index contributed by atoms with van der Waals surface area (Å²) in [5.74, 6) is -0.540. The Bertz CT molecular complexity index is 1260. The number of allylic oxidation sites excluding steroid dienone is 1. The highest BCUT2D eigenvalue weighted by molar-refractivity contribution is 5.96. The molecule has 0 saturated carbocycles. The third-order valence-electron chi connectivity index (χ3n) is 5.67. The van der Waals surface area contributed by atoms with E-state index in [4.69, 9.17) is 14.2 Å². The van der Waals surface area contributed by atoms with E-state index in [1.165, 1.54) is 9.47 Å². The average Bonchev–Trinajstić information content (AvgIpc) is 3.00. The number of nitrogens with zero attached hydrogens (tertiary/aromatic N) is 2. The number of rotatable bonds is 2. The Morgan fingerprint density at radius 1 is 0.842 bits per heavy atom. The molecule has 0 fully saturated rings. The quantitative estimate of drug-likeness (QED) is 0.239. The highest BCUT2D eigenvalue weighted by Crippen LogP contribution is 2.40. The number of hydrogen-bond donors (Lipinski definition) is 0. The SMILES string of the molecule is CC(C)=C[C@H]1c2cccc3c2c(cn3C(=O)OC(C)(C)C)C[C@@H](C(=O)OC(C)(C)C)N1C(=O)OC(C)(C)C. The van der Waals surface area contributed by atoms with E-state index < -0.39 is 47.0 Å². The van der Waals surface area contributed by atoms with Crippen molar-refractivity contribution in [2.24, 2.45) is 0 Å². The van der Waals surface area contributed by atoms with Crippen LogP contribution in [0.3, 0.4) is 0 Å². The molecule has 208 valence electrons. The lowest BCUT2D eigenvalue weighted by Crippen LogP contribution is -2.50. The number of benzene rings is 1. The molecule has 0 radical (unpaired) electrons. The summed E-state index contributed by atoms with van der Waals surface area (Å²) in [4.78, 5) is 42.1. The van der Waals surface area contributed by atoms with Gasteiger partial charge in [-0.05, 0) is 93.4 Å². The summed E-state index contributed by atoms with van der Waals surface area (Å²) < 4.78 is 18.8. The van der Waals surface area contributed by atoms with E-state index in [-0.39, 0.29) is 6.42 Å². The van der Waals surface area contributed by atoms with Crippen molar-refractivity contribution in [3.63, 3.8) is 0 Å². The first-order valence-corrected chi connectivity index (χ1v) is 13.0. The fourth-order valence-corrected chi connectivity index (χ4v) is 4.52. The molecule has 0 spiro atoms. The smallest absolute Gasteiger partial charge is 0.419 e. The van der Waals surface area contributed by atoms with Crippen molar-refractivity contribution in [1.82, 2.24) is 9.47 Å². The van der Waals surface area contributed by atoms with E-state index in [1.807, 2.05) is 58.9 Å². The van der Waals surface area contributed by atoms with Crippen LogP contribution in [0.25, 0.3) is 10.9 Å². The second-order valence-corrected chi connectivity index (χ2v) is 13.1. The zero-order chi connectivity index (χ0) is 28.8. The van der Waals surface area contributed by atoms with E-state index in [9.17, 15) is 14.4 Å². The van der Waals surface area contributed by atoms with Crippen LogP contribution in [0.4, 0.5) is 9.59 Å². The maximum absolute atomic E-state index is 13.8. The Labute approximate surface area is 225 Å². The molecule has 8 heteroatoms. The highest BCUT2D eigenvalue weighted by Gasteiger charge is 2.43. The summed E-state index contributed by atoms with van der Waals surface area (Å²) in [5, 5.41) is 0.806. The summed E-state index contributed by atoms with van der Waals surface area (Å²) in [6.07, 6.45) is 2.67. The zero-order valence-corrected chi connectivity index (χ0v) is 24.6. The average molecular weight is 527 g/mol. The number of ether oxygens (including phenoxy) is 3. The molecule has 1 aromatic heterocycles. The Morgan fingerprint density at radius 3 is 1.92 bits per heavy atom. The van der Waals surface area contributed by atoms with Crippen molar-refractivity contribution in [2.45, 2.75) is 111 Å². The van der Waals surface area contributed by atoms with Gasteiger partial charge in [-0.2, -0.15) is 0 Å². The summed E-state index contributed by atoms with van der Waals surface area (Å²) in [5.41, 5.74) is 0.921. The van der Waals surface area contributed by atoms with Crippen molar-refractivity contribution < 1.29 is 28.6 Å². The maximum atomic E-state index is 13.8. The van der Waals surface area contributed by atoms with Gasteiger partial charge in [0.2, 0.25) is 0 Å². The minimum atomic E-state index is -0.991. The first kappa shape index (κ1) is 29.3. The minimum absolute atomic E-state index is 0.143. The number of carbonyl (C=O) groups excluding carboxylic acids is 3. The summed E-state index contributed by atoms with van der Waals surface area (Å²) >= 11 is 0. The van der Waals surface area contributed by atoms with Gasteiger partial charge >= 0.3 is 18.2 Å². The lowest BCUT2D eigenvalue weighted by atomic mass is 9.98. The first-order chi connectivity index (χ1) is 17.3. The molecule has 2 atom stereocenters. The molecule has 2 heterocycles. The van der Waals surface area contributed by atoms with Gasteiger partial charge in [0, 0.05) is 18.0 Å². The van der Waals surface area contributed by atoms with Crippen molar-refractivity contribution >= 4 is 29.1 Å². The molecular weight excluding hydrogens is 484 g/mol. The van der Waals surface area contributed by atoms with Crippen molar-refractivity contribution in [2.75, 3.05) is 0 Å². The predicted octanol–water partition coefficient (Wildman–Crippen LogP) is 6.94. The largest absolute Gasteiger partial charge is 0.458 e. The Morgan fingerprint density at radius 2 is 1.39 bits per heavy atom. The van der Waals surface area contributed by atoms with Crippen LogP contribution in [0.15, 0.2) is 36.0 Å². The minimum Gasteiger partial charge on any atom is -0.458 e. The van der Waals surface area contributed by atoms with Crippen molar-refractivity contribution in [3.8, 4) is 0 Å². The van der Waals surface area contributed by atoms with Gasteiger partial charge in [-0.15, -0.1) is 0 Å². The second-order valence-electron chi connectivity index (χ2n) is 13.1. The van der Waals surface area contributed by atoms with Crippen LogP contribution in [-0.4, -0.2) is 50.5 Å². The molecular formula is C30H42N2O6. The first-order valence-electron chi connectivity index (χ1n) is 13.0. The lowest BCUT2D eigenvalue weighted by Gasteiger charge is -2.37. The molecule has 2 aromatic rings. The van der Waals surface area contributed by atoms with E-state index in [0.29, 0.717) is 5.52 Å². The van der Waals surface area contributed by atoms with Crippen molar-refractivity contribution in [3.05, 3.63) is 47.2 Å². The molecule has 0 saturated heterocycles. The molecule has 0 unspecified atom stereocenters. The third-order valence-corrected chi connectivity index (χ3v) is 5.67. The van der Waals surface area contributed by atoms with Gasteiger partial charge < -0.3 is 14.2 Å². The van der Waals surface area contributed by atoms with Crippen LogP contribution in [0.5, 0.6) is 0 Å². The van der Waals surface area contributed by atoms with Gasteiger partial charge in [-0.25, -0.2) is 14.4 Å². The molecule has 0 N–H and O–H groups in total. The van der Waals surface area contributed by atoms with Gasteiger partial charge in [-0.1, -0.05) is 23.8 Å². The Balaban J connectivity index is 2.30. The van der Waals surface area contributed by atoms with Crippen LogP contribution >= 0.6 is 0 Å². The molecule has 38 heavy (non-hydrogen) atoms. The van der Waals surface area contributed by atoms with Gasteiger partial charge in [0.15, 0.2) is 0 Å². The highest BCUT2D eigenvalue weighted by atomic mass is 16.6. The van der Waals surface area contributed by atoms with E-state index in [1.54, 1.807) is 47.7 Å². The standard InChI is InChI=1S/C30H42N2O6/c1-18(2)15-22-20-13-12-14-21-24(20)19(17-31(21)26(34)37-29(6,7)8)16-23(25(33)36-28(3,4)5)32(22)27(35)38-30(9,10)11/h12-15,17,22-23H,16H2,1-11H3/t22-,23-/m0/s1. The van der Waals surface area contributed by atoms with E-state index in [0.717, 1.165) is 22.1 Å². The van der Waals surface area contributed by atoms with Gasteiger partial charge in [0.05, 0.1) is 11.6 Å². The second kappa shape index (κ2) is 10.1. The number of amides is 1. The zero-order valence-electron chi connectivity index (χ0n) is 24.6. The third kappa shape index (κ3) is 6.77. The molecule has 1 amide bonds. The van der Waals surface area contributed by atoms with Crippen LogP contribution in [0.2, 0.25) is 0 Å². The lowest BCUT2D eigenvalue weighted by molar-refractivity contribution is -0.161. The summed E-state index contributed by atoms with van der Waals surface area (Å²) in [7, 11) is 0. The van der Waals surface area contributed by atoms with Crippen LogP contribution in [0, 0.1) is 0 Å². The summed E-state index contributed by atoms with van der Waals surface area (Å²) in [6.45, 7) is 20.1. The van der Waals surface area contributed by atoms with E-state index in [2.05, 4.69) is 0 Å². The van der Waals surface area contributed by atoms with Gasteiger partial charge in [-0.3, -0.25) is 9.47 Å². The predicted molar refractivity (Wildman–Crippen MR) is 147 cm³/mol. The molecule has 0 bridgehead atoms. The molecule has 1 aromatic carbocycles. The number of aromatic nitrogens is 1. The topological polar surface area (TPSA) is 87.1 Å².